The summed E-state index contributed by atoms with van der Waals surface area (Å²) in [5.74, 6) is 0.0981. The van der Waals surface area contributed by atoms with Gasteiger partial charge in [0.15, 0.2) is 0 Å². The zero-order valence-electron chi connectivity index (χ0n) is 12.6. The Bertz CT molecular complexity index is 522. The summed E-state index contributed by atoms with van der Waals surface area (Å²) >= 11 is 0. The molecule has 2 N–H and O–H groups in total. The molecule has 1 aromatic rings. The third-order valence-corrected chi connectivity index (χ3v) is 4.87. The van der Waals surface area contributed by atoms with Gasteiger partial charge in [0.05, 0.1) is 5.75 Å². The third-order valence-electron chi connectivity index (χ3n) is 3.59. The van der Waals surface area contributed by atoms with E-state index in [0.29, 0.717) is 12.2 Å². The first-order valence-electron chi connectivity index (χ1n) is 7.67. The summed E-state index contributed by atoms with van der Waals surface area (Å²) in [6.45, 7) is 5.57. The van der Waals surface area contributed by atoms with Crippen molar-refractivity contribution in [3.05, 3.63) is 24.3 Å². The quantitative estimate of drug-likeness (QED) is 0.721. The standard InChI is InChI=1S/C15H25N3O2S/c1-2-9-16-10-13-21(19,20)17-14-5-7-15(8-6-14)18-11-3-4-12-18/h5-8,16-17H,2-4,9-13H2,1H3. The highest BCUT2D eigenvalue weighted by atomic mass is 32.2. The van der Waals surface area contributed by atoms with E-state index in [9.17, 15) is 8.42 Å². The van der Waals surface area contributed by atoms with E-state index in [1.165, 1.54) is 18.5 Å². The molecule has 1 aliphatic heterocycles. The van der Waals surface area contributed by atoms with Gasteiger partial charge in [0, 0.05) is 31.0 Å². The lowest BCUT2D eigenvalue weighted by molar-refractivity contribution is 0.595. The van der Waals surface area contributed by atoms with Crippen molar-refractivity contribution in [3.63, 3.8) is 0 Å². The minimum absolute atomic E-state index is 0.0981. The topological polar surface area (TPSA) is 61.4 Å². The van der Waals surface area contributed by atoms with E-state index < -0.39 is 10.0 Å². The number of rotatable bonds is 8. The zero-order valence-corrected chi connectivity index (χ0v) is 13.5. The van der Waals surface area contributed by atoms with E-state index in [1.54, 1.807) is 0 Å². The molecule has 0 aliphatic carbocycles. The van der Waals surface area contributed by atoms with Crippen LogP contribution in [0.2, 0.25) is 0 Å². The Labute approximate surface area is 127 Å². The second kappa shape index (κ2) is 7.66. The minimum Gasteiger partial charge on any atom is -0.372 e. The Kier molecular flexibility index (Phi) is 5.87. The maximum Gasteiger partial charge on any atom is 0.233 e. The molecule has 1 fully saturated rings. The van der Waals surface area contributed by atoms with Crippen LogP contribution in [0.25, 0.3) is 0 Å². The van der Waals surface area contributed by atoms with Crippen LogP contribution < -0.4 is 14.9 Å². The number of hydrogen-bond donors (Lipinski definition) is 2. The highest BCUT2D eigenvalue weighted by Gasteiger charge is 2.13. The molecule has 0 spiro atoms. The molecule has 0 atom stereocenters. The summed E-state index contributed by atoms with van der Waals surface area (Å²) in [6, 6.07) is 7.65. The van der Waals surface area contributed by atoms with Crippen LogP contribution in [0.15, 0.2) is 24.3 Å². The SMILES string of the molecule is CCCNCCS(=O)(=O)Nc1ccc(N2CCCC2)cc1. The summed E-state index contributed by atoms with van der Waals surface area (Å²) in [7, 11) is -3.27. The van der Waals surface area contributed by atoms with E-state index in [4.69, 9.17) is 0 Å². The van der Waals surface area contributed by atoms with Crippen molar-refractivity contribution in [2.45, 2.75) is 26.2 Å². The Morgan fingerprint density at radius 2 is 1.76 bits per heavy atom. The van der Waals surface area contributed by atoms with Crippen LogP contribution in [0, 0.1) is 0 Å². The minimum atomic E-state index is -3.27. The number of nitrogens with zero attached hydrogens (tertiary/aromatic N) is 1. The molecule has 0 saturated carbocycles. The number of sulfonamides is 1. The molecule has 0 aromatic heterocycles. The predicted molar refractivity (Wildman–Crippen MR) is 88.5 cm³/mol. The summed E-state index contributed by atoms with van der Waals surface area (Å²) in [5, 5.41) is 3.10. The average Bonchev–Trinajstić information content (AvgIpc) is 2.98. The molecule has 0 amide bonds. The fraction of sp³-hybridized carbons (Fsp3) is 0.600. The van der Waals surface area contributed by atoms with Crippen LogP contribution in [0.4, 0.5) is 11.4 Å². The molecule has 1 aliphatic rings. The molecule has 6 heteroatoms. The van der Waals surface area contributed by atoms with Gasteiger partial charge in [-0.25, -0.2) is 8.42 Å². The van der Waals surface area contributed by atoms with Crippen molar-refractivity contribution in [2.24, 2.45) is 0 Å². The molecule has 21 heavy (non-hydrogen) atoms. The van der Waals surface area contributed by atoms with Crippen LogP contribution in [0.1, 0.15) is 26.2 Å². The average molecular weight is 311 g/mol. The largest absolute Gasteiger partial charge is 0.372 e. The first-order chi connectivity index (χ1) is 10.1. The fourth-order valence-corrected chi connectivity index (χ4v) is 3.46. The molecular weight excluding hydrogens is 286 g/mol. The zero-order chi connectivity index (χ0) is 15.1. The van der Waals surface area contributed by atoms with Crippen molar-refractivity contribution in [1.82, 2.24) is 5.32 Å². The highest BCUT2D eigenvalue weighted by Crippen LogP contribution is 2.22. The summed E-state index contributed by atoms with van der Waals surface area (Å²) in [4.78, 5) is 2.33. The third kappa shape index (κ3) is 5.21. The molecule has 1 aromatic carbocycles. The number of anilines is 2. The van der Waals surface area contributed by atoms with Crippen LogP contribution >= 0.6 is 0 Å². The van der Waals surface area contributed by atoms with E-state index in [2.05, 4.69) is 21.9 Å². The molecular formula is C15H25N3O2S. The van der Waals surface area contributed by atoms with Crippen LogP contribution in [-0.4, -0.2) is 40.3 Å². The monoisotopic (exact) mass is 311 g/mol. The second-order valence-electron chi connectivity index (χ2n) is 5.41. The highest BCUT2D eigenvalue weighted by molar-refractivity contribution is 7.92. The van der Waals surface area contributed by atoms with E-state index >= 15 is 0 Å². The van der Waals surface area contributed by atoms with Crippen molar-refractivity contribution in [3.8, 4) is 0 Å². The van der Waals surface area contributed by atoms with Gasteiger partial charge in [-0.05, 0) is 50.1 Å². The van der Waals surface area contributed by atoms with Crippen LogP contribution in [0.3, 0.4) is 0 Å². The van der Waals surface area contributed by atoms with Gasteiger partial charge in [0.2, 0.25) is 10.0 Å². The maximum atomic E-state index is 11.9. The fourth-order valence-electron chi connectivity index (χ4n) is 2.45. The van der Waals surface area contributed by atoms with Gasteiger partial charge < -0.3 is 10.2 Å². The summed E-state index contributed by atoms with van der Waals surface area (Å²) in [5.41, 5.74) is 1.80. The molecule has 0 bridgehead atoms. The Morgan fingerprint density at radius 3 is 2.38 bits per heavy atom. The van der Waals surface area contributed by atoms with Crippen molar-refractivity contribution >= 4 is 21.4 Å². The second-order valence-corrected chi connectivity index (χ2v) is 7.25. The molecule has 0 radical (unpaired) electrons. The Hall–Kier alpha value is -1.27. The number of nitrogens with one attached hydrogen (secondary N) is 2. The molecule has 1 saturated heterocycles. The van der Waals surface area contributed by atoms with Crippen molar-refractivity contribution < 1.29 is 8.42 Å². The maximum absolute atomic E-state index is 11.9. The van der Waals surface area contributed by atoms with Gasteiger partial charge in [0.25, 0.3) is 0 Å². The van der Waals surface area contributed by atoms with Gasteiger partial charge in [-0.2, -0.15) is 0 Å². The first-order valence-corrected chi connectivity index (χ1v) is 9.32. The Balaban J connectivity index is 1.87. The number of benzene rings is 1. The summed E-state index contributed by atoms with van der Waals surface area (Å²) in [6.07, 6.45) is 3.48. The van der Waals surface area contributed by atoms with Gasteiger partial charge >= 0.3 is 0 Å². The summed E-state index contributed by atoms with van der Waals surface area (Å²) < 4.78 is 26.5. The molecule has 1 heterocycles. The van der Waals surface area contributed by atoms with Gasteiger partial charge in [-0.1, -0.05) is 6.92 Å². The van der Waals surface area contributed by atoms with Crippen molar-refractivity contribution in [2.75, 3.05) is 41.6 Å². The van der Waals surface area contributed by atoms with Crippen LogP contribution in [-0.2, 0) is 10.0 Å². The molecule has 5 nitrogen and oxygen atoms in total. The smallest absolute Gasteiger partial charge is 0.233 e. The number of hydrogen-bond acceptors (Lipinski definition) is 4. The lowest BCUT2D eigenvalue weighted by Gasteiger charge is -2.18. The van der Waals surface area contributed by atoms with Gasteiger partial charge in [-0.15, -0.1) is 0 Å². The molecule has 2 rings (SSSR count). The lowest BCUT2D eigenvalue weighted by atomic mass is 10.2. The van der Waals surface area contributed by atoms with Crippen molar-refractivity contribution in [1.29, 1.82) is 0 Å². The Morgan fingerprint density at radius 1 is 1.10 bits per heavy atom. The van der Waals surface area contributed by atoms with E-state index in [1.807, 2.05) is 24.3 Å². The normalized spacial score (nSPS) is 15.4. The first kappa shape index (κ1) is 16.1. The lowest BCUT2D eigenvalue weighted by Crippen LogP contribution is -2.27. The molecule has 0 unspecified atom stereocenters. The van der Waals surface area contributed by atoms with E-state index in [0.717, 1.165) is 26.1 Å². The van der Waals surface area contributed by atoms with Gasteiger partial charge in [0.1, 0.15) is 0 Å². The molecule has 118 valence electrons. The predicted octanol–water partition coefficient (Wildman–Crippen LogP) is 2.03. The van der Waals surface area contributed by atoms with Crippen LogP contribution in [0.5, 0.6) is 0 Å². The van der Waals surface area contributed by atoms with Gasteiger partial charge in [-0.3, -0.25) is 4.72 Å². The van der Waals surface area contributed by atoms with E-state index in [-0.39, 0.29) is 5.75 Å².